The van der Waals surface area contributed by atoms with E-state index in [0.717, 1.165) is 12.0 Å². The molecule has 0 aromatic heterocycles. The Kier molecular flexibility index (Phi) is 3.86. The molecular formula is C19H24F2O. The molecule has 2 fully saturated rings. The molecule has 2 aliphatic carbocycles. The molecule has 0 aliphatic heterocycles. The van der Waals surface area contributed by atoms with Gasteiger partial charge in [0.2, 0.25) is 0 Å². The maximum atomic E-state index is 14.0. The number of halogens is 2. The Morgan fingerprint density at radius 3 is 2.50 bits per heavy atom. The molecule has 3 rings (SSSR count). The van der Waals surface area contributed by atoms with Crippen molar-refractivity contribution in [2.24, 2.45) is 17.3 Å². The molecule has 1 aromatic carbocycles. The molecule has 22 heavy (non-hydrogen) atoms. The normalized spacial score (nSPS) is 32.5. The van der Waals surface area contributed by atoms with Crippen molar-refractivity contribution in [2.75, 3.05) is 0 Å². The number of rotatable bonds is 4. The lowest BCUT2D eigenvalue weighted by Gasteiger charge is -2.30. The number of carbonyl (C=O) groups excluding carboxylic acids is 1. The third-order valence-electron chi connectivity index (χ3n) is 5.69. The lowest BCUT2D eigenvalue weighted by atomic mass is 9.81. The van der Waals surface area contributed by atoms with Crippen LogP contribution in [0, 0.1) is 17.3 Å². The molecule has 0 saturated heterocycles. The number of hydrogen-bond donors (Lipinski definition) is 0. The highest BCUT2D eigenvalue weighted by atomic mass is 19.3. The largest absolute Gasteiger partial charge is 0.299 e. The zero-order chi connectivity index (χ0) is 16.0. The van der Waals surface area contributed by atoms with Crippen LogP contribution in [0.3, 0.4) is 0 Å². The second-order valence-electron chi connectivity index (χ2n) is 7.56. The van der Waals surface area contributed by atoms with Gasteiger partial charge in [-0.2, -0.15) is 0 Å². The van der Waals surface area contributed by atoms with Gasteiger partial charge >= 0.3 is 0 Å². The van der Waals surface area contributed by atoms with Gasteiger partial charge in [0.25, 0.3) is 5.92 Å². The highest BCUT2D eigenvalue weighted by Gasteiger charge is 2.62. The molecule has 3 atom stereocenters. The molecule has 0 heterocycles. The predicted molar refractivity (Wildman–Crippen MR) is 83.0 cm³/mol. The Hall–Kier alpha value is -1.25. The van der Waals surface area contributed by atoms with E-state index < -0.39 is 11.8 Å². The van der Waals surface area contributed by atoms with Gasteiger partial charge in [0.05, 0.1) is 0 Å². The molecule has 1 aromatic rings. The molecule has 0 amide bonds. The van der Waals surface area contributed by atoms with Crippen LogP contribution in [-0.2, 0) is 4.79 Å². The summed E-state index contributed by atoms with van der Waals surface area (Å²) >= 11 is 0. The highest BCUT2D eigenvalue weighted by Crippen LogP contribution is 2.65. The van der Waals surface area contributed by atoms with E-state index in [1.165, 1.54) is 0 Å². The van der Waals surface area contributed by atoms with Crippen molar-refractivity contribution in [1.29, 1.82) is 0 Å². The van der Waals surface area contributed by atoms with Crippen molar-refractivity contribution in [3.63, 3.8) is 0 Å². The fourth-order valence-electron chi connectivity index (χ4n) is 4.31. The average molecular weight is 306 g/mol. The van der Waals surface area contributed by atoms with Gasteiger partial charge in [-0.1, -0.05) is 50.6 Å². The summed E-state index contributed by atoms with van der Waals surface area (Å²) in [7, 11) is 0. The molecule has 1 nitrogen and oxygen atoms in total. The molecule has 0 bridgehead atoms. The fraction of sp³-hybridized carbons (Fsp3) is 0.632. The number of Topliss-reactive ketones (excluding diaryl/α,β-unsaturated/α-hetero) is 1. The Bertz CT molecular complexity index is 550. The van der Waals surface area contributed by atoms with Crippen LogP contribution in [0.5, 0.6) is 0 Å². The molecular weight excluding hydrogens is 282 g/mol. The fourth-order valence-corrected chi connectivity index (χ4v) is 4.31. The van der Waals surface area contributed by atoms with E-state index in [0.29, 0.717) is 12.8 Å². The zero-order valence-electron chi connectivity index (χ0n) is 13.3. The Balaban J connectivity index is 1.71. The molecule has 2 saturated carbocycles. The van der Waals surface area contributed by atoms with Crippen LogP contribution in [0.1, 0.15) is 57.4 Å². The second-order valence-corrected chi connectivity index (χ2v) is 7.56. The van der Waals surface area contributed by atoms with Gasteiger partial charge in [-0.15, -0.1) is 0 Å². The second kappa shape index (κ2) is 5.43. The monoisotopic (exact) mass is 306 g/mol. The number of alkyl halides is 2. The van der Waals surface area contributed by atoms with Crippen molar-refractivity contribution in [2.45, 2.75) is 57.8 Å². The summed E-state index contributed by atoms with van der Waals surface area (Å²) < 4.78 is 27.9. The van der Waals surface area contributed by atoms with Crippen molar-refractivity contribution in [3.8, 4) is 0 Å². The van der Waals surface area contributed by atoms with Crippen molar-refractivity contribution >= 4 is 5.78 Å². The molecule has 0 radical (unpaired) electrons. The third-order valence-corrected chi connectivity index (χ3v) is 5.69. The van der Waals surface area contributed by atoms with Gasteiger partial charge in [0, 0.05) is 24.7 Å². The van der Waals surface area contributed by atoms with E-state index in [-0.39, 0.29) is 35.9 Å². The van der Waals surface area contributed by atoms with Crippen molar-refractivity contribution < 1.29 is 13.6 Å². The lowest BCUT2D eigenvalue weighted by molar-refractivity contribution is -0.130. The van der Waals surface area contributed by atoms with Crippen LogP contribution < -0.4 is 0 Å². The first-order valence-electron chi connectivity index (χ1n) is 8.29. The Labute approximate surface area is 131 Å². The minimum Gasteiger partial charge on any atom is -0.299 e. The highest BCUT2D eigenvalue weighted by molar-refractivity contribution is 5.87. The van der Waals surface area contributed by atoms with E-state index in [1.54, 1.807) is 0 Å². The molecule has 120 valence electrons. The number of benzene rings is 1. The summed E-state index contributed by atoms with van der Waals surface area (Å²) in [4.78, 5) is 12.6. The SMILES string of the molecule is CC1(C)[C@H](C(=O)CC2CCCCC2(F)F)[C@H]1c1ccccc1. The quantitative estimate of drug-likeness (QED) is 0.746. The maximum absolute atomic E-state index is 14.0. The predicted octanol–water partition coefficient (Wildman–Crippen LogP) is 5.21. The maximum Gasteiger partial charge on any atom is 0.251 e. The van der Waals surface area contributed by atoms with E-state index in [1.807, 2.05) is 30.3 Å². The molecule has 1 unspecified atom stereocenters. The summed E-state index contributed by atoms with van der Waals surface area (Å²) in [6, 6.07) is 9.98. The Morgan fingerprint density at radius 2 is 1.86 bits per heavy atom. The van der Waals surface area contributed by atoms with E-state index in [4.69, 9.17) is 0 Å². The van der Waals surface area contributed by atoms with Gasteiger partial charge in [-0.05, 0) is 29.7 Å². The van der Waals surface area contributed by atoms with Crippen LogP contribution >= 0.6 is 0 Å². The van der Waals surface area contributed by atoms with E-state index in [9.17, 15) is 13.6 Å². The van der Waals surface area contributed by atoms with Gasteiger partial charge in [0.1, 0.15) is 5.78 Å². The summed E-state index contributed by atoms with van der Waals surface area (Å²) in [5.41, 5.74) is 1.05. The topological polar surface area (TPSA) is 17.1 Å². The first kappa shape index (κ1) is 15.6. The Morgan fingerprint density at radius 1 is 1.18 bits per heavy atom. The number of ketones is 1. The minimum absolute atomic E-state index is 0.0328. The standard InChI is InChI=1S/C19H24F2O/c1-18(2)16(13-8-4-3-5-9-13)17(18)15(22)12-14-10-6-7-11-19(14,20)21/h3-5,8-9,14,16-17H,6-7,10-12H2,1-2H3/t14?,16-,17-/m1/s1. The summed E-state index contributed by atoms with van der Waals surface area (Å²) in [5, 5.41) is 0. The summed E-state index contributed by atoms with van der Waals surface area (Å²) in [5.74, 6) is -3.30. The number of hydrogen-bond acceptors (Lipinski definition) is 1. The first-order valence-corrected chi connectivity index (χ1v) is 8.29. The lowest BCUT2D eigenvalue weighted by Crippen LogP contribution is -2.33. The summed E-state index contributed by atoms with van der Waals surface area (Å²) in [6.07, 6.45) is 1.89. The minimum atomic E-state index is -2.66. The smallest absolute Gasteiger partial charge is 0.251 e. The molecule has 3 heteroatoms. The van der Waals surface area contributed by atoms with Crippen molar-refractivity contribution in [3.05, 3.63) is 35.9 Å². The number of carbonyl (C=O) groups is 1. The van der Waals surface area contributed by atoms with Crippen LogP contribution in [0.2, 0.25) is 0 Å². The van der Waals surface area contributed by atoms with E-state index in [2.05, 4.69) is 13.8 Å². The van der Waals surface area contributed by atoms with Gasteiger partial charge < -0.3 is 0 Å². The molecule has 0 spiro atoms. The average Bonchev–Trinajstić information content (AvgIpc) is 3.05. The van der Waals surface area contributed by atoms with Gasteiger partial charge in [0.15, 0.2) is 0 Å². The van der Waals surface area contributed by atoms with E-state index >= 15 is 0 Å². The van der Waals surface area contributed by atoms with Crippen molar-refractivity contribution in [1.82, 2.24) is 0 Å². The van der Waals surface area contributed by atoms with Crippen LogP contribution in [0.15, 0.2) is 30.3 Å². The molecule has 0 N–H and O–H groups in total. The first-order chi connectivity index (χ1) is 10.3. The van der Waals surface area contributed by atoms with Gasteiger partial charge in [-0.3, -0.25) is 4.79 Å². The zero-order valence-corrected chi connectivity index (χ0v) is 13.3. The summed E-state index contributed by atoms with van der Waals surface area (Å²) in [6.45, 7) is 4.15. The van der Waals surface area contributed by atoms with Crippen LogP contribution in [0.25, 0.3) is 0 Å². The van der Waals surface area contributed by atoms with Crippen LogP contribution in [0.4, 0.5) is 8.78 Å². The third kappa shape index (κ3) is 2.70. The molecule has 2 aliphatic rings. The van der Waals surface area contributed by atoms with Crippen LogP contribution in [-0.4, -0.2) is 11.7 Å². The van der Waals surface area contributed by atoms with Gasteiger partial charge in [-0.25, -0.2) is 8.78 Å².